The second kappa shape index (κ2) is 22.4. The van der Waals surface area contributed by atoms with Gasteiger partial charge in [-0.1, -0.05) is 95.8 Å². The van der Waals surface area contributed by atoms with Gasteiger partial charge in [-0.05, 0) is 118 Å². The smallest absolute Gasteiger partial charge is 0.306 e. The van der Waals surface area contributed by atoms with Crippen LogP contribution >= 0.6 is 11.6 Å². The molecule has 2 atom stereocenters. The predicted octanol–water partition coefficient (Wildman–Crippen LogP) is 11.7. The van der Waals surface area contributed by atoms with Crippen LogP contribution in [0.2, 0.25) is 0 Å². The fraction of sp³-hybridized carbons (Fsp3) is 0.407. The minimum Gasteiger partial charge on any atom is -0.508 e. The molecule has 8 rings (SSSR count). The van der Waals surface area contributed by atoms with E-state index in [0.29, 0.717) is 17.9 Å². The number of carboxylic acid groups (broad SMARTS) is 1. The van der Waals surface area contributed by atoms with E-state index >= 15 is 0 Å². The topological polar surface area (TPSA) is 129 Å². The van der Waals surface area contributed by atoms with Gasteiger partial charge in [-0.3, -0.25) is 9.59 Å². The van der Waals surface area contributed by atoms with Crippen molar-refractivity contribution in [2.45, 2.75) is 122 Å². The number of aryl methyl sites for hydroxylation is 4. The number of methoxy groups -OCH3 is 1. The number of hydrogen-bond donors (Lipinski definition) is 2. The molecule has 0 bridgehead atoms. The summed E-state index contributed by atoms with van der Waals surface area (Å²) in [4.78, 5) is 31.6. The van der Waals surface area contributed by atoms with Crippen LogP contribution in [0.5, 0.6) is 11.5 Å². The first-order chi connectivity index (χ1) is 30.6. The summed E-state index contributed by atoms with van der Waals surface area (Å²) >= 11 is 5.84. The first-order valence-electron chi connectivity index (χ1n) is 22.1. The lowest BCUT2D eigenvalue weighted by Crippen LogP contribution is -2.23. The highest BCUT2D eigenvalue weighted by atomic mass is 35.5. The Labute approximate surface area is 390 Å². The second-order valence-electron chi connectivity index (χ2n) is 18.3. The van der Waals surface area contributed by atoms with Crippen LogP contribution in [0.1, 0.15) is 142 Å². The van der Waals surface area contributed by atoms with E-state index in [4.69, 9.17) is 21.1 Å². The highest BCUT2D eigenvalue weighted by molar-refractivity contribution is 6.17. The standard InChI is InChI=1S/C26H30N2O3.C14H16N2O3.C13H17Cl.CH4/c1-26(2)12-4-5-20-15-18(6-11-23(20)26)17-31-21-9-7-19(8-10-21)22(16-24(29)30)25-27-13-14-28(25)3;1-16-8-7-15-14(16)12(9-13(18)19-2)10-3-5-11(17)6-4-10;1-13(2)7-3-4-11-8-10(9-14)5-6-12(11)13;/h6-11,13-15,22H,4-5,12,16-17H2,1-3H3,(H,29,30);3-8,12,17H,9H2,1-2H3;5-6,8H,3-4,7,9H2,1-2H3;1H4/t22-;12-;;/m00../s1. The number of nitrogens with zero attached hydrogens (tertiary/aromatic N) is 4. The summed E-state index contributed by atoms with van der Waals surface area (Å²) in [7, 11) is 5.13. The molecule has 0 unspecified atom stereocenters. The van der Waals surface area contributed by atoms with Crippen LogP contribution in [0, 0.1) is 0 Å². The molecule has 6 aromatic rings. The summed E-state index contributed by atoms with van der Waals surface area (Å²) in [5.74, 6) is 1.52. The Balaban J connectivity index is 0.000000199. The lowest BCUT2D eigenvalue weighted by molar-refractivity contribution is -0.141. The van der Waals surface area contributed by atoms with Crippen molar-refractivity contribution in [1.29, 1.82) is 0 Å². The van der Waals surface area contributed by atoms with Crippen LogP contribution in [0.4, 0.5) is 0 Å². The van der Waals surface area contributed by atoms with E-state index in [9.17, 15) is 19.8 Å². The number of esters is 1. The van der Waals surface area contributed by atoms with Gasteiger partial charge in [0.1, 0.15) is 29.8 Å². The van der Waals surface area contributed by atoms with E-state index in [0.717, 1.165) is 34.9 Å². The van der Waals surface area contributed by atoms with Crippen LogP contribution < -0.4 is 4.74 Å². The second-order valence-corrected chi connectivity index (χ2v) is 18.6. The number of carboxylic acids is 1. The number of aromatic hydroxyl groups is 1. The summed E-state index contributed by atoms with van der Waals surface area (Å²) in [5, 5.41) is 18.7. The van der Waals surface area contributed by atoms with Crippen molar-refractivity contribution in [3.8, 4) is 11.5 Å². The largest absolute Gasteiger partial charge is 0.508 e. The Hall–Kier alpha value is -5.87. The van der Waals surface area contributed by atoms with Crippen molar-refractivity contribution in [1.82, 2.24) is 19.1 Å². The van der Waals surface area contributed by atoms with E-state index in [1.165, 1.54) is 72.6 Å². The molecular formula is C54H67ClN4O6. The molecule has 4 aromatic carbocycles. The van der Waals surface area contributed by atoms with E-state index in [-0.39, 0.29) is 49.2 Å². The molecule has 346 valence electrons. The molecule has 11 heteroatoms. The number of aliphatic carboxylic acids is 1. The Kier molecular flexibility index (Phi) is 17.2. The lowest BCUT2D eigenvalue weighted by Gasteiger charge is -2.32. The average Bonchev–Trinajstić information content (AvgIpc) is 3.91. The van der Waals surface area contributed by atoms with Gasteiger partial charge in [-0.2, -0.15) is 0 Å². The molecule has 2 N–H and O–H groups in total. The molecule has 0 saturated heterocycles. The van der Waals surface area contributed by atoms with Crippen LogP contribution in [0.15, 0.2) is 110 Å². The van der Waals surface area contributed by atoms with Crippen molar-refractivity contribution in [3.63, 3.8) is 0 Å². The Morgan fingerprint density at radius 2 is 1.20 bits per heavy atom. The van der Waals surface area contributed by atoms with E-state index < -0.39 is 5.97 Å². The van der Waals surface area contributed by atoms with Gasteiger partial charge in [-0.15, -0.1) is 11.6 Å². The number of fused-ring (bicyclic) bond motifs is 2. The highest BCUT2D eigenvalue weighted by Crippen LogP contribution is 2.38. The monoisotopic (exact) mass is 902 g/mol. The third-order valence-corrected chi connectivity index (χ3v) is 13.1. The number of carbonyl (C=O) groups is 2. The molecule has 0 spiro atoms. The van der Waals surface area contributed by atoms with Gasteiger partial charge in [0, 0.05) is 44.8 Å². The van der Waals surface area contributed by atoms with Crippen molar-refractivity contribution in [2.24, 2.45) is 14.1 Å². The summed E-state index contributed by atoms with van der Waals surface area (Å²) in [6, 6.07) is 27.9. The number of benzene rings is 4. The van der Waals surface area contributed by atoms with E-state index in [2.05, 4.69) is 74.1 Å². The van der Waals surface area contributed by atoms with Gasteiger partial charge >= 0.3 is 11.9 Å². The van der Waals surface area contributed by atoms with Gasteiger partial charge < -0.3 is 28.8 Å². The van der Waals surface area contributed by atoms with Crippen LogP contribution in [-0.4, -0.2) is 48.4 Å². The maximum absolute atomic E-state index is 11.6. The molecule has 2 aliphatic carbocycles. The number of aromatic nitrogens is 4. The Bertz CT molecular complexity index is 2490. The molecule has 2 aromatic heterocycles. The van der Waals surface area contributed by atoms with Crippen molar-refractivity contribution < 1.29 is 29.3 Å². The zero-order valence-electron chi connectivity index (χ0n) is 38.3. The lowest BCUT2D eigenvalue weighted by atomic mass is 9.72. The number of imidazole rings is 2. The van der Waals surface area contributed by atoms with E-state index in [1.807, 2.05) is 59.9 Å². The average molecular weight is 904 g/mol. The maximum Gasteiger partial charge on any atom is 0.306 e. The van der Waals surface area contributed by atoms with E-state index in [1.54, 1.807) is 36.7 Å². The number of carbonyl (C=O) groups excluding carboxylic acids is 1. The highest BCUT2D eigenvalue weighted by Gasteiger charge is 2.29. The quantitative estimate of drug-likeness (QED) is 0.0918. The zero-order valence-corrected chi connectivity index (χ0v) is 39.1. The van der Waals surface area contributed by atoms with Gasteiger partial charge in [-0.25, -0.2) is 9.97 Å². The Morgan fingerprint density at radius 1 is 0.723 bits per heavy atom. The summed E-state index contributed by atoms with van der Waals surface area (Å²) in [6.45, 7) is 9.85. The predicted molar refractivity (Wildman–Crippen MR) is 259 cm³/mol. The van der Waals surface area contributed by atoms with Gasteiger partial charge in [0.2, 0.25) is 0 Å². The first-order valence-corrected chi connectivity index (χ1v) is 22.7. The number of hydrogen-bond acceptors (Lipinski definition) is 7. The Morgan fingerprint density at radius 3 is 1.66 bits per heavy atom. The molecule has 65 heavy (non-hydrogen) atoms. The minimum absolute atomic E-state index is 0. The molecule has 2 heterocycles. The third-order valence-electron chi connectivity index (χ3n) is 12.7. The summed E-state index contributed by atoms with van der Waals surface area (Å²) < 4.78 is 14.5. The number of phenols is 1. The normalized spacial score (nSPS) is 15.2. The van der Waals surface area contributed by atoms with Crippen LogP contribution in [0.3, 0.4) is 0 Å². The van der Waals surface area contributed by atoms with Gasteiger partial charge in [0.15, 0.2) is 0 Å². The molecule has 2 aliphatic rings. The number of rotatable bonds is 12. The molecule has 0 amide bonds. The molecule has 0 fully saturated rings. The van der Waals surface area contributed by atoms with Crippen molar-refractivity contribution >= 4 is 23.5 Å². The summed E-state index contributed by atoms with van der Waals surface area (Å²) in [5.41, 5.74) is 10.8. The van der Waals surface area contributed by atoms with Crippen LogP contribution in [-0.2, 0) is 64.6 Å². The fourth-order valence-corrected chi connectivity index (χ4v) is 9.31. The number of ether oxygens (including phenoxy) is 2. The van der Waals surface area contributed by atoms with Gasteiger partial charge in [0.25, 0.3) is 0 Å². The third kappa shape index (κ3) is 12.9. The van der Waals surface area contributed by atoms with Crippen molar-refractivity contribution in [3.05, 3.63) is 166 Å². The van der Waals surface area contributed by atoms with Gasteiger partial charge in [0.05, 0.1) is 31.8 Å². The zero-order chi connectivity index (χ0) is 46.0. The van der Waals surface area contributed by atoms with Crippen molar-refractivity contribution in [2.75, 3.05) is 7.11 Å². The molecule has 10 nitrogen and oxygen atoms in total. The SMILES string of the molecule is C.CC1(C)CCCc2cc(CCl)ccc21.COC(=O)C[C@@H](c1ccc(O)cc1)c1nccn1C.Cn1ccnc1[C@@H](CC(=O)O)c1ccc(OCc2ccc3c(c2)CCCC3(C)C)cc1. The minimum atomic E-state index is -0.844. The molecule has 0 aliphatic heterocycles. The first kappa shape index (κ1) is 50.1. The number of halogens is 1. The number of phenolic OH excluding ortho intramolecular Hbond substituents is 1. The number of alkyl halides is 1. The van der Waals surface area contributed by atoms with Crippen LogP contribution in [0.25, 0.3) is 0 Å². The molecule has 0 saturated carbocycles. The maximum atomic E-state index is 11.6. The fourth-order valence-electron chi connectivity index (χ4n) is 9.15. The molecule has 0 radical (unpaired) electrons. The summed E-state index contributed by atoms with van der Waals surface area (Å²) in [6.07, 6.45) is 14.7. The molecular weight excluding hydrogens is 836 g/mol.